The van der Waals surface area contributed by atoms with Gasteiger partial charge >= 0.3 is 0 Å². The molecule has 1 heterocycles. The van der Waals surface area contributed by atoms with Gasteiger partial charge in [0, 0.05) is 25.2 Å². The number of aromatic nitrogens is 1. The van der Waals surface area contributed by atoms with Crippen molar-refractivity contribution < 1.29 is 9.59 Å². The summed E-state index contributed by atoms with van der Waals surface area (Å²) in [6.45, 7) is 5.84. The highest BCUT2D eigenvalue weighted by atomic mass is 16.2. The largest absolute Gasteiger partial charge is 0.357 e. The molecule has 0 aromatic carbocycles. The number of amides is 2. The van der Waals surface area contributed by atoms with Crippen LogP contribution >= 0.6 is 0 Å². The summed E-state index contributed by atoms with van der Waals surface area (Å²) in [5.74, 6) is 0.440. The molecule has 0 atom stereocenters. The third kappa shape index (κ3) is 3.46. The van der Waals surface area contributed by atoms with Gasteiger partial charge in [-0.05, 0) is 38.8 Å². The first-order valence-electron chi connectivity index (χ1n) is 6.96. The molecule has 0 saturated heterocycles. The minimum absolute atomic E-state index is 0.0680. The van der Waals surface area contributed by atoms with E-state index in [9.17, 15) is 9.59 Å². The van der Waals surface area contributed by atoms with E-state index in [0.29, 0.717) is 5.56 Å². The molecule has 20 heavy (non-hydrogen) atoms. The maximum Gasteiger partial charge on any atom is 0.271 e. The topological polar surface area (TPSA) is 74.3 Å². The van der Waals surface area contributed by atoms with Crippen LogP contribution in [-0.4, -0.2) is 29.9 Å². The number of anilines is 1. The molecule has 108 valence electrons. The fraction of sp³-hybridized carbons (Fsp3) is 0.500. The van der Waals surface area contributed by atoms with E-state index in [1.165, 1.54) is 6.20 Å². The molecule has 0 unspecified atom stereocenters. The molecule has 2 amide bonds. The number of pyridine rings is 1. The second-order valence-corrected chi connectivity index (χ2v) is 4.80. The van der Waals surface area contributed by atoms with Gasteiger partial charge in [-0.2, -0.15) is 0 Å². The van der Waals surface area contributed by atoms with Crippen molar-refractivity contribution in [2.24, 2.45) is 5.92 Å². The highest BCUT2D eigenvalue weighted by Crippen LogP contribution is 2.28. The Balaban J connectivity index is 1.91. The van der Waals surface area contributed by atoms with Crippen LogP contribution in [0, 0.1) is 5.92 Å². The zero-order chi connectivity index (χ0) is 14.5. The first kappa shape index (κ1) is 14.3. The van der Waals surface area contributed by atoms with Crippen LogP contribution in [0.2, 0.25) is 0 Å². The van der Waals surface area contributed by atoms with Crippen molar-refractivity contribution in [2.75, 3.05) is 18.0 Å². The summed E-state index contributed by atoms with van der Waals surface area (Å²) in [7, 11) is 0. The molecule has 1 aromatic rings. The summed E-state index contributed by atoms with van der Waals surface area (Å²) in [5.41, 5.74) is 5.26. The second-order valence-electron chi connectivity index (χ2n) is 4.80. The number of hydrogen-bond donors (Lipinski definition) is 2. The van der Waals surface area contributed by atoms with Gasteiger partial charge in [-0.3, -0.25) is 20.4 Å². The molecule has 1 fully saturated rings. The third-order valence-corrected chi connectivity index (χ3v) is 3.34. The summed E-state index contributed by atoms with van der Waals surface area (Å²) in [6, 6.07) is 3.52. The van der Waals surface area contributed by atoms with Gasteiger partial charge in [0.2, 0.25) is 5.91 Å². The van der Waals surface area contributed by atoms with E-state index >= 15 is 0 Å². The predicted octanol–water partition coefficient (Wildman–Crippen LogP) is 1.10. The van der Waals surface area contributed by atoms with Crippen LogP contribution in [0.4, 0.5) is 5.82 Å². The van der Waals surface area contributed by atoms with Gasteiger partial charge in [0.1, 0.15) is 5.82 Å². The maximum absolute atomic E-state index is 11.8. The molecule has 1 aliphatic carbocycles. The average molecular weight is 276 g/mol. The maximum atomic E-state index is 11.8. The Morgan fingerprint density at radius 3 is 2.45 bits per heavy atom. The van der Waals surface area contributed by atoms with Gasteiger partial charge in [-0.15, -0.1) is 0 Å². The van der Waals surface area contributed by atoms with Crippen molar-refractivity contribution in [1.82, 2.24) is 15.8 Å². The lowest BCUT2D eigenvalue weighted by Gasteiger charge is -2.19. The van der Waals surface area contributed by atoms with Crippen molar-refractivity contribution in [3.05, 3.63) is 23.9 Å². The van der Waals surface area contributed by atoms with Crippen molar-refractivity contribution in [3.63, 3.8) is 0 Å². The Labute approximate surface area is 118 Å². The summed E-state index contributed by atoms with van der Waals surface area (Å²) in [4.78, 5) is 29.6. The highest BCUT2D eigenvalue weighted by Gasteiger charge is 2.29. The van der Waals surface area contributed by atoms with Crippen molar-refractivity contribution in [3.8, 4) is 0 Å². The minimum atomic E-state index is -0.349. The van der Waals surface area contributed by atoms with Crippen LogP contribution in [0.15, 0.2) is 18.3 Å². The van der Waals surface area contributed by atoms with E-state index in [-0.39, 0.29) is 17.7 Å². The number of carbonyl (C=O) groups excluding carboxylic acids is 2. The van der Waals surface area contributed by atoms with Gasteiger partial charge < -0.3 is 4.90 Å². The highest BCUT2D eigenvalue weighted by molar-refractivity contribution is 5.95. The number of nitrogens with zero attached hydrogens (tertiary/aromatic N) is 2. The molecular formula is C14H20N4O2. The van der Waals surface area contributed by atoms with Gasteiger partial charge in [-0.1, -0.05) is 0 Å². The predicted molar refractivity (Wildman–Crippen MR) is 76.1 cm³/mol. The summed E-state index contributed by atoms with van der Waals surface area (Å²) in [6.07, 6.45) is 3.33. The molecule has 6 nitrogen and oxygen atoms in total. The van der Waals surface area contributed by atoms with Crippen LogP contribution in [0.3, 0.4) is 0 Å². The zero-order valence-corrected chi connectivity index (χ0v) is 11.8. The zero-order valence-electron chi connectivity index (χ0n) is 11.8. The van der Waals surface area contributed by atoms with E-state index in [0.717, 1.165) is 31.7 Å². The van der Waals surface area contributed by atoms with E-state index in [4.69, 9.17) is 0 Å². The van der Waals surface area contributed by atoms with Crippen LogP contribution < -0.4 is 15.8 Å². The van der Waals surface area contributed by atoms with Crippen molar-refractivity contribution in [1.29, 1.82) is 0 Å². The molecule has 0 spiro atoms. The van der Waals surface area contributed by atoms with Gasteiger partial charge in [0.05, 0.1) is 5.56 Å². The van der Waals surface area contributed by atoms with Gasteiger partial charge in [0.25, 0.3) is 5.91 Å². The molecule has 0 bridgehead atoms. The molecule has 1 aliphatic rings. The fourth-order valence-corrected chi connectivity index (χ4v) is 1.89. The lowest BCUT2D eigenvalue weighted by atomic mass is 10.2. The van der Waals surface area contributed by atoms with Crippen molar-refractivity contribution >= 4 is 17.6 Å². The Bertz CT molecular complexity index is 478. The number of hydrazine groups is 1. The quantitative estimate of drug-likeness (QED) is 0.790. The molecule has 2 N–H and O–H groups in total. The van der Waals surface area contributed by atoms with E-state index in [2.05, 4.69) is 34.6 Å². The monoisotopic (exact) mass is 276 g/mol. The normalized spacial score (nSPS) is 13.7. The number of hydrogen-bond acceptors (Lipinski definition) is 4. The molecule has 2 rings (SSSR count). The average Bonchev–Trinajstić information content (AvgIpc) is 3.31. The van der Waals surface area contributed by atoms with Crippen LogP contribution in [0.5, 0.6) is 0 Å². The Hall–Kier alpha value is -2.11. The number of carbonyl (C=O) groups is 2. The van der Waals surface area contributed by atoms with E-state index < -0.39 is 0 Å². The van der Waals surface area contributed by atoms with Gasteiger partial charge in [0.15, 0.2) is 0 Å². The summed E-state index contributed by atoms with van der Waals surface area (Å²) < 4.78 is 0. The van der Waals surface area contributed by atoms with Crippen LogP contribution in [-0.2, 0) is 4.79 Å². The lowest BCUT2D eigenvalue weighted by Crippen LogP contribution is -2.42. The Morgan fingerprint density at radius 2 is 1.95 bits per heavy atom. The molecule has 6 heteroatoms. The Morgan fingerprint density at radius 1 is 1.25 bits per heavy atom. The fourth-order valence-electron chi connectivity index (χ4n) is 1.89. The molecule has 1 aromatic heterocycles. The first-order valence-corrected chi connectivity index (χ1v) is 6.96. The van der Waals surface area contributed by atoms with E-state index in [1.807, 2.05) is 6.07 Å². The minimum Gasteiger partial charge on any atom is -0.357 e. The van der Waals surface area contributed by atoms with Crippen LogP contribution in [0.1, 0.15) is 37.0 Å². The summed E-state index contributed by atoms with van der Waals surface area (Å²) in [5, 5.41) is 0. The SMILES string of the molecule is CCN(CC)c1ccc(C(=O)NNC(=O)C2CC2)cn1. The molecule has 0 radical (unpaired) electrons. The Kier molecular flexibility index (Phi) is 4.55. The van der Waals surface area contributed by atoms with E-state index in [1.54, 1.807) is 6.07 Å². The molecule has 1 saturated carbocycles. The first-order chi connectivity index (χ1) is 9.65. The van der Waals surface area contributed by atoms with Gasteiger partial charge in [-0.25, -0.2) is 4.98 Å². The third-order valence-electron chi connectivity index (χ3n) is 3.34. The number of nitrogens with one attached hydrogen (secondary N) is 2. The lowest BCUT2D eigenvalue weighted by molar-refractivity contribution is -0.123. The van der Waals surface area contributed by atoms with Crippen LogP contribution in [0.25, 0.3) is 0 Å². The molecular weight excluding hydrogens is 256 g/mol. The molecule has 0 aliphatic heterocycles. The second kappa shape index (κ2) is 6.36. The smallest absolute Gasteiger partial charge is 0.271 e. The summed E-state index contributed by atoms with van der Waals surface area (Å²) >= 11 is 0. The number of rotatable bonds is 5. The standard InChI is InChI=1S/C14H20N4O2/c1-3-18(4-2)12-8-7-11(9-15-12)14(20)17-16-13(19)10-5-6-10/h7-10H,3-6H2,1-2H3,(H,16,19)(H,17,20). The van der Waals surface area contributed by atoms with Crippen molar-refractivity contribution in [2.45, 2.75) is 26.7 Å².